The molecule has 22 heavy (non-hydrogen) atoms. The number of rotatable bonds is 5. The first kappa shape index (κ1) is 18.4. The first-order valence-corrected chi connectivity index (χ1v) is 7.82. The van der Waals surface area contributed by atoms with Gasteiger partial charge in [0.1, 0.15) is 6.29 Å². The van der Waals surface area contributed by atoms with Crippen molar-refractivity contribution in [1.29, 1.82) is 0 Å². The Morgan fingerprint density at radius 2 is 1.82 bits per heavy atom. The number of aliphatic hydroxyl groups is 1. The van der Waals surface area contributed by atoms with Crippen molar-refractivity contribution in [3.05, 3.63) is 58.7 Å². The van der Waals surface area contributed by atoms with Gasteiger partial charge in [-0.25, -0.2) is 0 Å². The van der Waals surface area contributed by atoms with Gasteiger partial charge in [-0.2, -0.15) is 0 Å². The standard InChI is InChI=1S/C20H28O2/c1-15(7-6-8-16(2)12-14-21)9-10-18-17(3)19(22)11-13-20(18,4)5/h6-10,12,14,19,22H,11,13H2,1-5H3/b8-6-,10-9?,15-7?,16-12?/t19-/m1/s1. The molecule has 0 aromatic heterocycles. The van der Waals surface area contributed by atoms with Crippen LogP contribution in [0.25, 0.3) is 0 Å². The number of carbonyl (C=O) groups excluding carboxylic acids is 1. The van der Waals surface area contributed by atoms with Gasteiger partial charge < -0.3 is 5.11 Å². The molecule has 0 amide bonds. The summed E-state index contributed by atoms with van der Waals surface area (Å²) >= 11 is 0. The van der Waals surface area contributed by atoms with E-state index in [1.807, 2.05) is 39.0 Å². The molecule has 1 aliphatic rings. The van der Waals surface area contributed by atoms with Crippen LogP contribution in [0.2, 0.25) is 0 Å². The summed E-state index contributed by atoms with van der Waals surface area (Å²) in [5.74, 6) is 0. The molecule has 120 valence electrons. The van der Waals surface area contributed by atoms with Crippen molar-refractivity contribution in [3.8, 4) is 0 Å². The number of carbonyl (C=O) groups is 1. The summed E-state index contributed by atoms with van der Waals surface area (Å²) in [5, 5.41) is 10.0. The maximum atomic E-state index is 10.3. The quantitative estimate of drug-likeness (QED) is 0.454. The van der Waals surface area contributed by atoms with Gasteiger partial charge >= 0.3 is 0 Å². The van der Waals surface area contributed by atoms with Crippen molar-refractivity contribution in [2.45, 2.75) is 53.6 Å². The van der Waals surface area contributed by atoms with E-state index in [9.17, 15) is 9.90 Å². The first-order valence-electron chi connectivity index (χ1n) is 7.82. The lowest BCUT2D eigenvalue weighted by Crippen LogP contribution is -2.27. The lowest BCUT2D eigenvalue weighted by atomic mass is 9.71. The molecule has 1 aliphatic carbocycles. The van der Waals surface area contributed by atoms with Crippen LogP contribution in [0.3, 0.4) is 0 Å². The van der Waals surface area contributed by atoms with Crippen molar-refractivity contribution in [2.24, 2.45) is 5.41 Å². The van der Waals surface area contributed by atoms with Gasteiger partial charge in [-0.3, -0.25) is 4.79 Å². The first-order chi connectivity index (χ1) is 10.3. The topological polar surface area (TPSA) is 37.3 Å². The van der Waals surface area contributed by atoms with E-state index < -0.39 is 0 Å². The van der Waals surface area contributed by atoms with Crippen LogP contribution in [0.4, 0.5) is 0 Å². The van der Waals surface area contributed by atoms with E-state index in [4.69, 9.17) is 0 Å². The lowest BCUT2D eigenvalue weighted by Gasteiger charge is -2.35. The molecule has 0 aromatic carbocycles. The van der Waals surface area contributed by atoms with E-state index in [1.54, 1.807) is 0 Å². The van der Waals surface area contributed by atoms with Gasteiger partial charge in [0, 0.05) is 0 Å². The number of aldehydes is 1. The second-order valence-corrected chi connectivity index (χ2v) is 6.68. The summed E-state index contributed by atoms with van der Waals surface area (Å²) in [6.07, 6.45) is 13.9. The van der Waals surface area contributed by atoms with Crippen molar-refractivity contribution in [2.75, 3.05) is 0 Å². The predicted octanol–water partition coefficient (Wildman–Crippen LogP) is 4.69. The van der Waals surface area contributed by atoms with Gasteiger partial charge in [-0.15, -0.1) is 0 Å². The molecule has 2 nitrogen and oxygen atoms in total. The highest BCUT2D eigenvalue weighted by molar-refractivity contribution is 5.66. The smallest absolute Gasteiger partial charge is 0.143 e. The predicted molar refractivity (Wildman–Crippen MR) is 93.6 cm³/mol. The van der Waals surface area contributed by atoms with Crippen LogP contribution < -0.4 is 0 Å². The number of hydrogen-bond acceptors (Lipinski definition) is 2. The van der Waals surface area contributed by atoms with Crippen LogP contribution in [-0.2, 0) is 4.79 Å². The molecule has 1 N–H and O–H groups in total. The Morgan fingerprint density at radius 1 is 1.18 bits per heavy atom. The second-order valence-electron chi connectivity index (χ2n) is 6.68. The Kier molecular flexibility index (Phi) is 6.76. The summed E-state index contributed by atoms with van der Waals surface area (Å²) in [6, 6.07) is 0. The van der Waals surface area contributed by atoms with Crippen LogP contribution in [0.15, 0.2) is 58.7 Å². The third kappa shape index (κ3) is 5.27. The largest absolute Gasteiger partial charge is 0.389 e. The average molecular weight is 300 g/mol. The Bertz CT molecular complexity index is 554. The molecular formula is C20H28O2. The molecular weight excluding hydrogens is 272 g/mol. The molecule has 0 saturated carbocycles. The number of hydrogen-bond donors (Lipinski definition) is 1. The minimum absolute atomic E-state index is 0.110. The summed E-state index contributed by atoms with van der Waals surface area (Å²) in [5.41, 5.74) is 4.49. The second kappa shape index (κ2) is 8.09. The zero-order valence-corrected chi connectivity index (χ0v) is 14.4. The zero-order chi connectivity index (χ0) is 16.8. The zero-order valence-electron chi connectivity index (χ0n) is 14.4. The Hall–Kier alpha value is -1.67. The molecule has 0 unspecified atom stereocenters. The van der Waals surface area contributed by atoms with Gasteiger partial charge in [0.25, 0.3) is 0 Å². The number of aliphatic hydroxyl groups excluding tert-OH is 1. The van der Waals surface area contributed by atoms with Crippen LogP contribution >= 0.6 is 0 Å². The van der Waals surface area contributed by atoms with E-state index in [2.05, 4.69) is 26.0 Å². The van der Waals surface area contributed by atoms with Crippen LogP contribution in [0.1, 0.15) is 47.5 Å². The van der Waals surface area contributed by atoms with Gasteiger partial charge in [-0.05, 0) is 61.8 Å². The highest BCUT2D eigenvalue weighted by atomic mass is 16.3. The lowest BCUT2D eigenvalue weighted by molar-refractivity contribution is -0.104. The van der Waals surface area contributed by atoms with Crippen molar-refractivity contribution < 1.29 is 9.90 Å². The SMILES string of the molecule is CC(C=CC1=C(C)[C@H](O)CCC1(C)C)=C/C=C\C(C)=CC=O. The van der Waals surface area contributed by atoms with Crippen LogP contribution in [0.5, 0.6) is 0 Å². The summed E-state index contributed by atoms with van der Waals surface area (Å²) in [6.45, 7) is 10.4. The van der Waals surface area contributed by atoms with Gasteiger partial charge in [0.2, 0.25) is 0 Å². The normalized spacial score (nSPS) is 23.6. The minimum Gasteiger partial charge on any atom is -0.389 e. The Labute approximate surface area is 134 Å². The van der Waals surface area contributed by atoms with E-state index in [-0.39, 0.29) is 11.5 Å². The highest BCUT2D eigenvalue weighted by Crippen LogP contribution is 2.40. The highest BCUT2D eigenvalue weighted by Gasteiger charge is 2.30. The Morgan fingerprint density at radius 3 is 2.45 bits per heavy atom. The van der Waals surface area contributed by atoms with Crippen molar-refractivity contribution >= 4 is 6.29 Å². The molecule has 1 rings (SSSR count). The van der Waals surface area contributed by atoms with Crippen LogP contribution in [-0.4, -0.2) is 17.5 Å². The van der Waals surface area contributed by atoms with Crippen molar-refractivity contribution in [1.82, 2.24) is 0 Å². The molecule has 0 saturated heterocycles. The monoisotopic (exact) mass is 300 g/mol. The third-order valence-corrected chi connectivity index (χ3v) is 4.26. The maximum Gasteiger partial charge on any atom is 0.143 e. The fraction of sp³-hybridized carbons (Fsp3) is 0.450. The fourth-order valence-corrected chi connectivity index (χ4v) is 2.70. The van der Waals surface area contributed by atoms with Gasteiger partial charge in [0.05, 0.1) is 6.10 Å². The van der Waals surface area contributed by atoms with E-state index in [1.165, 1.54) is 11.6 Å². The summed E-state index contributed by atoms with van der Waals surface area (Å²) in [7, 11) is 0. The molecule has 0 spiro atoms. The third-order valence-electron chi connectivity index (χ3n) is 4.26. The number of allylic oxidation sites excluding steroid dienone is 9. The van der Waals surface area contributed by atoms with Gasteiger partial charge in [0.15, 0.2) is 0 Å². The van der Waals surface area contributed by atoms with Crippen molar-refractivity contribution in [3.63, 3.8) is 0 Å². The molecule has 0 radical (unpaired) electrons. The van der Waals surface area contributed by atoms with Gasteiger partial charge in [-0.1, -0.05) is 49.8 Å². The molecule has 0 fully saturated rings. The molecule has 0 aromatic rings. The molecule has 2 heteroatoms. The van der Waals surface area contributed by atoms with E-state index in [0.29, 0.717) is 0 Å². The minimum atomic E-state index is -0.312. The maximum absolute atomic E-state index is 10.3. The average Bonchev–Trinajstić information content (AvgIpc) is 2.43. The summed E-state index contributed by atoms with van der Waals surface area (Å²) < 4.78 is 0. The van der Waals surface area contributed by atoms with Crippen LogP contribution in [0, 0.1) is 5.41 Å². The molecule has 0 aliphatic heterocycles. The molecule has 1 atom stereocenters. The summed E-state index contributed by atoms with van der Waals surface area (Å²) in [4.78, 5) is 10.3. The molecule has 0 heterocycles. The fourth-order valence-electron chi connectivity index (χ4n) is 2.70. The van der Waals surface area contributed by atoms with E-state index >= 15 is 0 Å². The van der Waals surface area contributed by atoms with E-state index in [0.717, 1.165) is 35.8 Å². The Balaban J connectivity index is 2.88. The molecule has 0 bridgehead atoms.